The molecule has 0 aromatic heterocycles. The zero-order valence-electron chi connectivity index (χ0n) is 17.6. The van der Waals surface area contributed by atoms with E-state index in [4.69, 9.17) is 0 Å². The summed E-state index contributed by atoms with van der Waals surface area (Å²) in [6.45, 7) is 14.5. The standard InChI is InChI=1S/C27H22.C2H6/c1-4-19-17-20-10-6-8-12-24(20)27(23(19)5-2)25-13-9-7-11-21(25)22-16-18(3)14-15-26(22)27;1-2/h4-16H,1-2,17H2,3H3;1-2H3. The number of hydrogen-bond acceptors (Lipinski definition) is 0. The molecule has 0 saturated heterocycles. The smallest absolute Gasteiger partial charge is 0.0718 e. The highest BCUT2D eigenvalue weighted by Crippen LogP contribution is 2.59. The van der Waals surface area contributed by atoms with Crippen LogP contribution in [0.1, 0.15) is 41.7 Å². The molecule has 0 bridgehead atoms. The molecule has 2 aliphatic rings. The lowest BCUT2D eigenvalue weighted by Crippen LogP contribution is -2.34. The predicted octanol–water partition coefficient (Wildman–Crippen LogP) is 7.56. The Morgan fingerprint density at radius 1 is 0.759 bits per heavy atom. The third-order valence-electron chi connectivity index (χ3n) is 6.20. The Bertz CT molecular complexity index is 1140. The summed E-state index contributed by atoms with van der Waals surface area (Å²) in [5, 5.41) is 0. The molecule has 1 atom stereocenters. The molecule has 0 heteroatoms. The van der Waals surface area contributed by atoms with Gasteiger partial charge in [-0.05, 0) is 57.9 Å². The summed E-state index contributed by atoms with van der Waals surface area (Å²) in [4.78, 5) is 0. The van der Waals surface area contributed by atoms with E-state index in [2.05, 4.69) is 92.9 Å². The minimum absolute atomic E-state index is 0.306. The molecule has 0 amide bonds. The van der Waals surface area contributed by atoms with Gasteiger partial charge in [0.25, 0.3) is 0 Å². The fourth-order valence-electron chi connectivity index (χ4n) is 5.17. The van der Waals surface area contributed by atoms with Gasteiger partial charge in [0.2, 0.25) is 0 Å². The topological polar surface area (TPSA) is 0 Å². The molecule has 0 fully saturated rings. The van der Waals surface area contributed by atoms with Gasteiger partial charge in [-0.3, -0.25) is 0 Å². The lowest BCUT2D eigenvalue weighted by atomic mass is 9.61. The van der Waals surface area contributed by atoms with Crippen LogP contribution in [-0.2, 0) is 11.8 Å². The van der Waals surface area contributed by atoms with E-state index >= 15 is 0 Å². The normalized spacial score (nSPS) is 18.3. The van der Waals surface area contributed by atoms with Crippen LogP contribution in [0.15, 0.2) is 103 Å². The number of allylic oxidation sites excluding steroid dienone is 4. The Morgan fingerprint density at radius 2 is 1.41 bits per heavy atom. The Kier molecular flexibility index (Phi) is 4.88. The predicted molar refractivity (Wildman–Crippen MR) is 125 cm³/mol. The quantitative estimate of drug-likeness (QED) is 0.433. The van der Waals surface area contributed by atoms with Crippen LogP contribution in [0.3, 0.4) is 0 Å². The third-order valence-corrected chi connectivity index (χ3v) is 6.20. The number of aryl methyl sites for hydroxylation is 1. The zero-order chi connectivity index (χ0) is 20.6. The average Bonchev–Trinajstić information content (AvgIpc) is 3.05. The van der Waals surface area contributed by atoms with E-state index in [-0.39, 0.29) is 5.41 Å². The Morgan fingerprint density at radius 3 is 2.14 bits per heavy atom. The van der Waals surface area contributed by atoms with Gasteiger partial charge >= 0.3 is 0 Å². The highest BCUT2D eigenvalue weighted by molar-refractivity contribution is 5.88. The van der Waals surface area contributed by atoms with Gasteiger partial charge in [0.05, 0.1) is 5.41 Å². The summed E-state index contributed by atoms with van der Waals surface area (Å²) in [5.41, 5.74) is 11.7. The van der Waals surface area contributed by atoms with Gasteiger partial charge in [-0.25, -0.2) is 0 Å². The second-order valence-electron chi connectivity index (χ2n) is 7.53. The van der Waals surface area contributed by atoms with Crippen molar-refractivity contribution in [2.24, 2.45) is 0 Å². The second kappa shape index (κ2) is 7.37. The van der Waals surface area contributed by atoms with E-state index in [1.807, 2.05) is 19.9 Å². The first-order valence-corrected chi connectivity index (χ1v) is 10.5. The maximum absolute atomic E-state index is 4.23. The molecule has 2 aliphatic carbocycles. The monoisotopic (exact) mass is 376 g/mol. The summed E-state index contributed by atoms with van der Waals surface area (Å²) in [5.74, 6) is 0. The van der Waals surface area contributed by atoms with E-state index in [1.54, 1.807) is 0 Å². The van der Waals surface area contributed by atoms with Crippen LogP contribution in [0.5, 0.6) is 0 Å². The van der Waals surface area contributed by atoms with Crippen molar-refractivity contribution in [1.29, 1.82) is 0 Å². The summed E-state index contributed by atoms with van der Waals surface area (Å²) < 4.78 is 0. The number of benzene rings is 3. The maximum Gasteiger partial charge on any atom is 0.0718 e. The molecule has 3 aromatic rings. The van der Waals surface area contributed by atoms with Crippen LogP contribution >= 0.6 is 0 Å². The molecule has 0 heterocycles. The molecule has 1 spiro atoms. The van der Waals surface area contributed by atoms with E-state index in [9.17, 15) is 0 Å². The van der Waals surface area contributed by atoms with Crippen LogP contribution in [0, 0.1) is 6.92 Å². The van der Waals surface area contributed by atoms with Crippen LogP contribution in [0.25, 0.3) is 11.1 Å². The van der Waals surface area contributed by atoms with Gasteiger partial charge < -0.3 is 0 Å². The average molecular weight is 377 g/mol. The van der Waals surface area contributed by atoms with Crippen LogP contribution in [0.4, 0.5) is 0 Å². The Balaban J connectivity index is 0.000000994. The molecule has 144 valence electrons. The van der Waals surface area contributed by atoms with Gasteiger partial charge in [-0.2, -0.15) is 0 Å². The lowest BCUT2D eigenvalue weighted by molar-refractivity contribution is 0.723. The van der Waals surface area contributed by atoms with Crippen molar-refractivity contribution in [2.75, 3.05) is 0 Å². The van der Waals surface area contributed by atoms with Crippen molar-refractivity contribution in [2.45, 2.75) is 32.6 Å². The maximum atomic E-state index is 4.23. The lowest BCUT2D eigenvalue weighted by Gasteiger charge is -2.40. The molecule has 29 heavy (non-hydrogen) atoms. The van der Waals surface area contributed by atoms with Crippen molar-refractivity contribution >= 4 is 0 Å². The van der Waals surface area contributed by atoms with Gasteiger partial charge in [0, 0.05) is 0 Å². The second-order valence-corrected chi connectivity index (χ2v) is 7.53. The van der Waals surface area contributed by atoms with Gasteiger partial charge in [0.1, 0.15) is 0 Å². The zero-order valence-corrected chi connectivity index (χ0v) is 17.6. The van der Waals surface area contributed by atoms with Crippen LogP contribution in [0.2, 0.25) is 0 Å². The van der Waals surface area contributed by atoms with E-state index < -0.39 is 0 Å². The van der Waals surface area contributed by atoms with Gasteiger partial charge in [-0.1, -0.05) is 111 Å². The SMILES string of the molecule is C=CC1=C(C=C)C2(c3ccccc3C1)c1ccccc1-c1cc(C)ccc12.CC. The minimum Gasteiger partial charge on any atom is -0.0988 e. The molecule has 5 rings (SSSR count). The largest absolute Gasteiger partial charge is 0.0988 e. The third kappa shape index (κ3) is 2.52. The van der Waals surface area contributed by atoms with E-state index in [0.29, 0.717) is 0 Å². The van der Waals surface area contributed by atoms with E-state index in [1.165, 1.54) is 50.1 Å². The first kappa shape index (κ1) is 19.2. The summed E-state index contributed by atoms with van der Waals surface area (Å²) >= 11 is 0. The van der Waals surface area contributed by atoms with Crippen molar-refractivity contribution in [3.05, 3.63) is 131 Å². The first-order valence-electron chi connectivity index (χ1n) is 10.5. The van der Waals surface area contributed by atoms with Crippen molar-refractivity contribution in [3.63, 3.8) is 0 Å². The van der Waals surface area contributed by atoms with Gasteiger partial charge in [0.15, 0.2) is 0 Å². The van der Waals surface area contributed by atoms with Crippen molar-refractivity contribution in [1.82, 2.24) is 0 Å². The molecule has 0 saturated carbocycles. The van der Waals surface area contributed by atoms with Crippen molar-refractivity contribution in [3.8, 4) is 11.1 Å². The summed E-state index contributed by atoms with van der Waals surface area (Å²) in [6.07, 6.45) is 4.98. The van der Waals surface area contributed by atoms with Crippen LogP contribution in [-0.4, -0.2) is 0 Å². The number of fused-ring (bicyclic) bond motifs is 7. The molecular formula is C29H28. The van der Waals surface area contributed by atoms with E-state index in [0.717, 1.165) is 6.42 Å². The molecule has 0 radical (unpaired) electrons. The fourth-order valence-corrected chi connectivity index (χ4v) is 5.17. The number of rotatable bonds is 2. The highest BCUT2D eigenvalue weighted by atomic mass is 14.5. The molecule has 1 unspecified atom stereocenters. The minimum atomic E-state index is -0.306. The molecule has 0 aliphatic heterocycles. The number of hydrogen-bond donors (Lipinski definition) is 0. The Labute approximate surface area is 174 Å². The Hall–Kier alpha value is -3.12. The summed E-state index contributed by atoms with van der Waals surface area (Å²) in [7, 11) is 0. The van der Waals surface area contributed by atoms with Crippen LogP contribution < -0.4 is 0 Å². The van der Waals surface area contributed by atoms with Crippen molar-refractivity contribution < 1.29 is 0 Å². The molecule has 0 N–H and O–H groups in total. The van der Waals surface area contributed by atoms with Gasteiger partial charge in [-0.15, -0.1) is 0 Å². The summed E-state index contributed by atoms with van der Waals surface area (Å²) in [6, 6.07) is 24.6. The molecule has 3 aromatic carbocycles. The fraction of sp³-hybridized carbons (Fsp3) is 0.172. The highest BCUT2D eigenvalue weighted by Gasteiger charge is 2.49. The molecule has 0 nitrogen and oxygen atoms in total. The first-order chi connectivity index (χ1) is 14.2. The molecular weight excluding hydrogens is 348 g/mol.